The van der Waals surface area contributed by atoms with E-state index in [0.717, 1.165) is 45.1 Å². The second kappa shape index (κ2) is 17.3. The number of methoxy groups -OCH3 is 1. The number of ether oxygens (including phenoxy) is 2. The zero-order valence-electron chi connectivity index (χ0n) is 30.6. The fourth-order valence-corrected chi connectivity index (χ4v) is 6.61. The Balaban J connectivity index is 1.03. The van der Waals surface area contributed by atoms with Crippen LogP contribution in [0.3, 0.4) is 0 Å². The van der Waals surface area contributed by atoms with Gasteiger partial charge in [0.25, 0.3) is 5.91 Å². The third kappa shape index (κ3) is 11.2. The number of carbonyl (C=O) groups excluding carboxylic acids is 4. The Hall–Kier alpha value is -5.23. The predicted octanol–water partition coefficient (Wildman–Crippen LogP) is 4.08. The number of amides is 3. The van der Waals surface area contributed by atoms with E-state index in [4.69, 9.17) is 21.1 Å². The van der Waals surface area contributed by atoms with Crippen molar-refractivity contribution in [1.29, 1.82) is 0 Å². The number of carbonyl (C=O) groups is 4. The molecule has 19 heteroatoms. The van der Waals surface area contributed by atoms with E-state index >= 15 is 0 Å². The highest BCUT2D eigenvalue weighted by Gasteiger charge is 2.46. The molecule has 0 unspecified atom stereocenters. The zero-order chi connectivity index (χ0) is 39.9. The Kier molecular flexibility index (Phi) is 12.5. The molecular formula is C37H43ClF3N9O6. The number of rotatable bonds is 17. The molecule has 56 heavy (non-hydrogen) atoms. The molecule has 3 aliphatic rings. The molecule has 3 fully saturated rings. The number of aromatic nitrogens is 3. The summed E-state index contributed by atoms with van der Waals surface area (Å²) in [6.07, 6.45) is 1.10. The number of esters is 1. The van der Waals surface area contributed by atoms with Crippen LogP contribution >= 0.6 is 11.6 Å². The summed E-state index contributed by atoms with van der Waals surface area (Å²) in [7, 11) is 1.16. The van der Waals surface area contributed by atoms with Gasteiger partial charge >= 0.3 is 30.0 Å². The normalized spacial score (nSPS) is 17.2. The number of nitrogens with zero attached hydrogens (tertiary/aromatic N) is 4. The van der Waals surface area contributed by atoms with E-state index in [-0.39, 0.29) is 35.8 Å². The summed E-state index contributed by atoms with van der Waals surface area (Å²) >= 11 is 6.04. The molecule has 0 bridgehead atoms. The van der Waals surface area contributed by atoms with Gasteiger partial charge in [0, 0.05) is 41.3 Å². The second-order valence-corrected chi connectivity index (χ2v) is 14.8. The molecule has 1 aromatic heterocycles. The summed E-state index contributed by atoms with van der Waals surface area (Å²) in [5, 5.41) is 14.4. The van der Waals surface area contributed by atoms with Gasteiger partial charge in [-0.15, -0.1) is 0 Å². The topological polar surface area (TPSA) is 189 Å². The smallest absolute Gasteiger partial charge is 0.422 e. The summed E-state index contributed by atoms with van der Waals surface area (Å²) in [5.74, 6) is -3.12. The van der Waals surface area contributed by atoms with Gasteiger partial charge in [0.05, 0.1) is 12.6 Å². The standard InChI is InChI=1S/C37H43ClF3N9O6/c1-55-31(54)27(12-17-42-29(52)30(53)43-20-35(13-14-35)21-50-18-2-3-19-50)45-28(51)23-4-10-26(11-5-23)44-32-46-33(48-34(47-32)56-22-37(39,40)41)49-36(15-16-36)24-6-8-25(38)9-7-24/h4-11,27H,2-3,12-22H2,1H3,(H,42,52)(H,43,53)(H,45,51)(H2,44,46,47,48,49)/t27-/m1/s1. The fourth-order valence-electron chi connectivity index (χ4n) is 6.48. The van der Waals surface area contributed by atoms with E-state index in [2.05, 4.69) is 46.4 Å². The minimum atomic E-state index is -4.63. The summed E-state index contributed by atoms with van der Waals surface area (Å²) in [6, 6.07) is 11.3. The van der Waals surface area contributed by atoms with Crippen molar-refractivity contribution < 1.29 is 41.8 Å². The molecular weight excluding hydrogens is 759 g/mol. The molecule has 0 spiro atoms. The lowest BCUT2D eigenvalue weighted by atomic mass is 10.1. The number of alkyl halides is 3. The number of benzene rings is 2. The third-order valence-electron chi connectivity index (χ3n) is 9.94. The number of anilines is 3. The van der Waals surface area contributed by atoms with Crippen LogP contribution in [0.2, 0.25) is 5.02 Å². The summed E-state index contributed by atoms with van der Waals surface area (Å²) in [6.45, 7) is 1.73. The van der Waals surface area contributed by atoms with Gasteiger partial charge in [-0.2, -0.15) is 28.1 Å². The average molecular weight is 802 g/mol. The SMILES string of the molecule is COC(=O)[C@@H](CCNC(=O)C(=O)NCC1(CN2CCCC2)CC1)NC(=O)c1ccc(Nc2nc(NC3(c4ccc(Cl)cc4)CC3)nc(OCC(F)(F)F)n2)cc1. The largest absolute Gasteiger partial charge is 0.467 e. The first-order valence-electron chi connectivity index (χ1n) is 18.3. The molecule has 300 valence electrons. The maximum atomic E-state index is 13.1. The van der Waals surface area contributed by atoms with Gasteiger partial charge in [-0.25, -0.2) is 4.79 Å². The average Bonchev–Trinajstić information content (AvgIpc) is 4.07. The van der Waals surface area contributed by atoms with E-state index in [1.807, 2.05) is 12.1 Å². The Morgan fingerprint density at radius 1 is 0.893 bits per heavy atom. The first kappa shape index (κ1) is 40.4. The molecule has 0 radical (unpaired) electrons. The first-order chi connectivity index (χ1) is 26.7. The molecule has 2 saturated carbocycles. The molecule has 6 rings (SSSR count). The van der Waals surface area contributed by atoms with Crippen LogP contribution < -0.4 is 31.3 Å². The van der Waals surface area contributed by atoms with Crippen molar-refractivity contribution in [2.75, 3.05) is 57.1 Å². The van der Waals surface area contributed by atoms with E-state index in [1.54, 1.807) is 12.1 Å². The number of hydrogen-bond donors (Lipinski definition) is 5. The van der Waals surface area contributed by atoms with Crippen molar-refractivity contribution in [3.8, 4) is 6.01 Å². The Morgan fingerprint density at radius 2 is 1.55 bits per heavy atom. The van der Waals surface area contributed by atoms with Gasteiger partial charge in [0.15, 0.2) is 6.61 Å². The van der Waals surface area contributed by atoms with Crippen LogP contribution in [0.1, 0.15) is 60.9 Å². The minimum Gasteiger partial charge on any atom is -0.467 e. The predicted molar refractivity (Wildman–Crippen MR) is 198 cm³/mol. The quantitative estimate of drug-likeness (QED) is 0.0974. The first-order valence-corrected chi connectivity index (χ1v) is 18.7. The van der Waals surface area contributed by atoms with Crippen molar-refractivity contribution >= 4 is 52.9 Å². The van der Waals surface area contributed by atoms with Crippen molar-refractivity contribution in [1.82, 2.24) is 35.8 Å². The fraction of sp³-hybridized carbons (Fsp3) is 0.486. The lowest BCUT2D eigenvalue weighted by Gasteiger charge is -2.23. The number of halogens is 4. The molecule has 1 atom stereocenters. The lowest BCUT2D eigenvalue weighted by Crippen LogP contribution is -2.46. The molecule has 2 aliphatic carbocycles. The van der Waals surface area contributed by atoms with Crippen molar-refractivity contribution in [2.45, 2.75) is 62.7 Å². The summed E-state index contributed by atoms with van der Waals surface area (Å²) < 4.78 is 48.6. The third-order valence-corrected chi connectivity index (χ3v) is 10.2. The molecule has 2 aromatic carbocycles. The van der Waals surface area contributed by atoms with Gasteiger partial charge in [-0.05, 0) is 100.0 Å². The Labute approximate surface area is 325 Å². The van der Waals surface area contributed by atoms with Crippen LogP contribution in [0, 0.1) is 5.41 Å². The highest BCUT2D eigenvalue weighted by Crippen LogP contribution is 2.48. The van der Waals surface area contributed by atoms with Crippen LogP contribution in [0.5, 0.6) is 6.01 Å². The molecule has 1 saturated heterocycles. The molecule has 3 aromatic rings. The molecule has 1 aliphatic heterocycles. The highest BCUT2D eigenvalue weighted by atomic mass is 35.5. The number of likely N-dealkylation sites (tertiary alicyclic amines) is 1. The maximum Gasteiger partial charge on any atom is 0.422 e. The molecule has 3 amide bonds. The van der Waals surface area contributed by atoms with Crippen LogP contribution in [-0.2, 0) is 24.7 Å². The van der Waals surface area contributed by atoms with E-state index < -0.39 is 54.1 Å². The Bertz CT molecular complexity index is 1890. The van der Waals surface area contributed by atoms with Crippen LogP contribution in [-0.4, -0.2) is 102 Å². The summed E-state index contributed by atoms with van der Waals surface area (Å²) in [4.78, 5) is 65.4. The van der Waals surface area contributed by atoms with Gasteiger partial charge in [0.1, 0.15) is 6.04 Å². The molecule has 15 nitrogen and oxygen atoms in total. The van der Waals surface area contributed by atoms with Gasteiger partial charge in [-0.1, -0.05) is 23.7 Å². The lowest BCUT2D eigenvalue weighted by molar-refractivity contribution is -0.154. The van der Waals surface area contributed by atoms with E-state index in [1.165, 1.54) is 37.1 Å². The van der Waals surface area contributed by atoms with Crippen molar-refractivity contribution in [3.63, 3.8) is 0 Å². The zero-order valence-corrected chi connectivity index (χ0v) is 31.4. The number of nitrogens with one attached hydrogen (secondary N) is 5. The van der Waals surface area contributed by atoms with Crippen LogP contribution in [0.4, 0.5) is 30.8 Å². The van der Waals surface area contributed by atoms with Gasteiger partial charge in [-0.3, -0.25) is 14.4 Å². The second-order valence-electron chi connectivity index (χ2n) is 14.3. The van der Waals surface area contributed by atoms with Gasteiger partial charge < -0.3 is 41.0 Å². The van der Waals surface area contributed by atoms with Crippen molar-refractivity contribution in [2.24, 2.45) is 5.41 Å². The maximum absolute atomic E-state index is 13.1. The van der Waals surface area contributed by atoms with E-state index in [9.17, 15) is 32.3 Å². The van der Waals surface area contributed by atoms with Gasteiger partial charge in [0.2, 0.25) is 11.9 Å². The molecule has 5 N–H and O–H groups in total. The number of hydrogen-bond acceptors (Lipinski definition) is 12. The minimum absolute atomic E-state index is 0.0131. The Morgan fingerprint density at radius 3 is 2.18 bits per heavy atom. The van der Waals surface area contributed by atoms with Crippen LogP contribution in [0.15, 0.2) is 48.5 Å². The highest BCUT2D eigenvalue weighted by molar-refractivity contribution is 6.35. The molecule has 2 heterocycles. The van der Waals surface area contributed by atoms with Crippen molar-refractivity contribution in [3.05, 3.63) is 64.7 Å². The summed E-state index contributed by atoms with van der Waals surface area (Å²) in [5.41, 5.74) is 0.887. The van der Waals surface area contributed by atoms with E-state index in [0.29, 0.717) is 30.1 Å². The van der Waals surface area contributed by atoms with Crippen LogP contribution in [0.25, 0.3) is 0 Å². The monoisotopic (exact) mass is 801 g/mol.